The number of rotatable bonds is 6. The molecule has 30 heavy (non-hydrogen) atoms. The molecule has 1 unspecified atom stereocenters. The van der Waals surface area contributed by atoms with Crippen LogP contribution in [0.4, 0.5) is 5.82 Å². The van der Waals surface area contributed by atoms with Gasteiger partial charge in [-0.05, 0) is 31.0 Å². The molecule has 1 aliphatic heterocycles. The van der Waals surface area contributed by atoms with Gasteiger partial charge in [0, 0.05) is 31.9 Å². The van der Waals surface area contributed by atoms with Gasteiger partial charge in [0.1, 0.15) is 18.2 Å². The monoisotopic (exact) mass is 423 g/mol. The number of aromatic amines is 1. The highest BCUT2D eigenvalue weighted by atomic mass is 35.5. The van der Waals surface area contributed by atoms with Crippen molar-refractivity contribution in [2.24, 2.45) is 4.99 Å². The molecule has 0 spiro atoms. The van der Waals surface area contributed by atoms with Crippen molar-refractivity contribution in [3.8, 4) is 11.3 Å². The zero-order chi connectivity index (χ0) is 20.8. The number of hydrogen-bond donors (Lipinski definition) is 3. The molecule has 3 heterocycles. The third-order valence-electron chi connectivity index (χ3n) is 5.01. The fourth-order valence-electron chi connectivity index (χ4n) is 3.56. The molecule has 4 rings (SSSR count). The van der Waals surface area contributed by atoms with Gasteiger partial charge in [-0.3, -0.25) is 0 Å². The molecule has 0 bridgehead atoms. The van der Waals surface area contributed by atoms with Gasteiger partial charge < -0.3 is 20.5 Å². The maximum absolute atomic E-state index is 6.30. The van der Waals surface area contributed by atoms with E-state index < -0.39 is 0 Å². The Morgan fingerprint density at radius 1 is 1.23 bits per heavy atom. The fraction of sp³-hybridized carbons (Fsp3) is 0.318. The SMILES string of the molecule is CCNC(=NCc1ncc(-c2ccccc2)[nH]1)NC1CCN(c2ncccc2Cl)C1. The van der Waals surface area contributed by atoms with Gasteiger partial charge in [-0.2, -0.15) is 0 Å². The zero-order valence-corrected chi connectivity index (χ0v) is 17.7. The average Bonchev–Trinajstić information content (AvgIpc) is 3.43. The summed E-state index contributed by atoms with van der Waals surface area (Å²) in [5.74, 6) is 2.46. The van der Waals surface area contributed by atoms with E-state index in [-0.39, 0.29) is 6.04 Å². The van der Waals surface area contributed by atoms with Crippen LogP contribution in [0, 0.1) is 0 Å². The number of H-pyrrole nitrogens is 1. The number of anilines is 1. The van der Waals surface area contributed by atoms with Crippen LogP contribution in [0.15, 0.2) is 59.9 Å². The Balaban J connectivity index is 1.38. The number of halogens is 1. The first-order valence-corrected chi connectivity index (χ1v) is 10.6. The lowest BCUT2D eigenvalue weighted by atomic mass is 10.2. The quantitative estimate of drug-likeness (QED) is 0.418. The summed E-state index contributed by atoms with van der Waals surface area (Å²) < 4.78 is 0. The third kappa shape index (κ3) is 4.91. The van der Waals surface area contributed by atoms with Crippen molar-refractivity contribution in [1.29, 1.82) is 0 Å². The lowest BCUT2D eigenvalue weighted by Crippen LogP contribution is -2.44. The van der Waals surface area contributed by atoms with E-state index >= 15 is 0 Å². The van der Waals surface area contributed by atoms with Crippen molar-refractivity contribution in [1.82, 2.24) is 25.6 Å². The minimum Gasteiger partial charge on any atom is -0.357 e. The van der Waals surface area contributed by atoms with Gasteiger partial charge >= 0.3 is 0 Å². The molecule has 1 aliphatic rings. The summed E-state index contributed by atoms with van der Waals surface area (Å²) in [6.45, 7) is 5.07. The molecule has 1 fully saturated rings. The van der Waals surface area contributed by atoms with Crippen molar-refractivity contribution in [2.75, 3.05) is 24.5 Å². The molecule has 1 aromatic carbocycles. The molecule has 3 N–H and O–H groups in total. The molecule has 7 nitrogen and oxygen atoms in total. The summed E-state index contributed by atoms with van der Waals surface area (Å²) in [5.41, 5.74) is 2.11. The highest BCUT2D eigenvalue weighted by molar-refractivity contribution is 6.32. The lowest BCUT2D eigenvalue weighted by Gasteiger charge is -2.20. The van der Waals surface area contributed by atoms with Crippen LogP contribution in [0.5, 0.6) is 0 Å². The Labute approximate surface area is 181 Å². The summed E-state index contributed by atoms with van der Waals surface area (Å²) in [5, 5.41) is 7.54. The highest BCUT2D eigenvalue weighted by Gasteiger charge is 2.25. The van der Waals surface area contributed by atoms with Crippen LogP contribution in [0.1, 0.15) is 19.2 Å². The smallest absolute Gasteiger partial charge is 0.191 e. The van der Waals surface area contributed by atoms with Gasteiger partial charge in [0.05, 0.1) is 16.9 Å². The Bertz CT molecular complexity index is 986. The van der Waals surface area contributed by atoms with Gasteiger partial charge in [0.2, 0.25) is 0 Å². The first kappa shape index (κ1) is 20.2. The van der Waals surface area contributed by atoms with Gasteiger partial charge in [0.25, 0.3) is 0 Å². The molecular weight excluding hydrogens is 398 g/mol. The molecule has 3 aromatic rings. The van der Waals surface area contributed by atoms with Crippen molar-refractivity contribution >= 4 is 23.4 Å². The normalized spacial score (nSPS) is 16.7. The number of aromatic nitrogens is 3. The molecule has 0 aliphatic carbocycles. The van der Waals surface area contributed by atoms with Crippen molar-refractivity contribution in [2.45, 2.75) is 25.9 Å². The Kier molecular flexibility index (Phi) is 6.49. The number of guanidine groups is 1. The van der Waals surface area contributed by atoms with Gasteiger partial charge in [-0.25, -0.2) is 15.0 Å². The van der Waals surface area contributed by atoms with Crippen LogP contribution in [0.25, 0.3) is 11.3 Å². The molecule has 0 amide bonds. The largest absolute Gasteiger partial charge is 0.357 e. The topological polar surface area (TPSA) is 81.2 Å². The summed E-state index contributed by atoms with van der Waals surface area (Å²) >= 11 is 6.30. The number of hydrogen-bond acceptors (Lipinski definition) is 4. The zero-order valence-electron chi connectivity index (χ0n) is 17.0. The Morgan fingerprint density at radius 3 is 2.90 bits per heavy atom. The van der Waals surface area contributed by atoms with Crippen molar-refractivity contribution < 1.29 is 0 Å². The second-order valence-corrected chi connectivity index (χ2v) is 7.60. The second kappa shape index (κ2) is 9.63. The second-order valence-electron chi connectivity index (χ2n) is 7.19. The summed E-state index contributed by atoms with van der Waals surface area (Å²) in [6, 6.07) is 14.2. The van der Waals surface area contributed by atoms with Gasteiger partial charge in [0.15, 0.2) is 5.96 Å². The van der Waals surface area contributed by atoms with Crippen molar-refractivity contribution in [3.63, 3.8) is 0 Å². The number of aliphatic imine (C=N–C) groups is 1. The minimum absolute atomic E-state index is 0.275. The first-order valence-electron chi connectivity index (χ1n) is 10.2. The molecule has 0 saturated carbocycles. The predicted molar refractivity (Wildman–Crippen MR) is 122 cm³/mol. The number of imidazole rings is 1. The maximum Gasteiger partial charge on any atom is 0.191 e. The standard InChI is InChI=1S/C22H26ClN7/c1-2-24-22(27-14-20-26-13-19(29-20)16-7-4-3-5-8-16)28-17-10-12-30(15-17)21-18(23)9-6-11-25-21/h3-9,11,13,17H,2,10,12,14-15H2,1H3,(H,26,29)(H2,24,27,28). The molecule has 156 valence electrons. The van der Waals surface area contributed by atoms with Crippen LogP contribution < -0.4 is 15.5 Å². The van der Waals surface area contributed by atoms with E-state index in [1.807, 2.05) is 36.5 Å². The molecule has 0 radical (unpaired) electrons. The number of nitrogens with zero attached hydrogens (tertiary/aromatic N) is 4. The maximum atomic E-state index is 6.30. The minimum atomic E-state index is 0.275. The van der Waals surface area contributed by atoms with Crippen LogP contribution in [-0.4, -0.2) is 46.6 Å². The van der Waals surface area contributed by atoms with Crippen molar-refractivity contribution in [3.05, 3.63) is 65.7 Å². The summed E-state index contributed by atoms with van der Waals surface area (Å²) in [6.07, 6.45) is 4.63. The van der Waals surface area contributed by atoms with E-state index in [2.05, 4.69) is 49.5 Å². The summed E-state index contributed by atoms with van der Waals surface area (Å²) in [4.78, 5) is 19.2. The third-order valence-corrected chi connectivity index (χ3v) is 5.31. The molecule has 1 saturated heterocycles. The van der Waals surface area contributed by atoms with Gasteiger partial charge in [-0.1, -0.05) is 41.9 Å². The fourth-order valence-corrected chi connectivity index (χ4v) is 3.80. The molecule has 2 aromatic heterocycles. The van der Waals surface area contributed by atoms with E-state index in [0.29, 0.717) is 11.6 Å². The van der Waals surface area contributed by atoms with E-state index in [4.69, 9.17) is 16.6 Å². The van der Waals surface area contributed by atoms with Crippen LogP contribution >= 0.6 is 11.6 Å². The van der Waals surface area contributed by atoms with Crippen LogP contribution in [0.2, 0.25) is 5.02 Å². The Morgan fingerprint density at radius 2 is 2.10 bits per heavy atom. The number of benzene rings is 1. The Hall–Kier alpha value is -3.06. The lowest BCUT2D eigenvalue weighted by molar-refractivity contribution is 0.648. The number of nitrogens with one attached hydrogen (secondary N) is 3. The molecular formula is C22H26ClN7. The highest BCUT2D eigenvalue weighted by Crippen LogP contribution is 2.25. The predicted octanol–water partition coefficient (Wildman–Crippen LogP) is 3.46. The molecule has 8 heteroatoms. The summed E-state index contributed by atoms with van der Waals surface area (Å²) in [7, 11) is 0. The first-order chi connectivity index (χ1) is 14.7. The van der Waals surface area contributed by atoms with Gasteiger partial charge in [-0.15, -0.1) is 0 Å². The van der Waals surface area contributed by atoms with E-state index in [9.17, 15) is 0 Å². The number of pyridine rings is 1. The van der Waals surface area contributed by atoms with E-state index in [1.165, 1.54) is 0 Å². The average molecular weight is 424 g/mol. The van der Waals surface area contributed by atoms with E-state index in [0.717, 1.165) is 54.9 Å². The van der Waals surface area contributed by atoms with E-state index in [1.54, 1.807) is 6.20 Å². The molecule has 1 atom stereocenters. The van der Waals surface area contributed by atoms with Crippen LogP contribution in [0.3, 0.4) is 0 Å². The van der Waals surface area contributed by atoms with Crippen LogP contribution in [-0.2, 0) is 6.54 Å².